The van der Waals surface area contributed by atoms with E-state index >= 15 is 0 Å². The lowest BCUT2D eigenvalue weighted by molar-refractivity contribution is -0.107. The van der Waals surface area contributed by atoms with Gasteiger partial charge in [-0.25, -0.2) is 0 Å². The van der Waals surface area contributed by atoms with Gasteiger partial charge in [-0.1, -0.05) is 53.0 Å². The SMILES string of the molecule is O=C(Sc1ccccc1)C(Cl)=C(Cl)Cl. The van der Waals surface area contributed by atoms with Crippen molar-refractivity contribution < 1.29 is 4.79 Å². The number of carbonyl (C=O) groups excluding carboxylic acids is 1. The molecule has 1 rings (SSSR count). The van der Waals surface area contributed by atoms with E-state index in [2.05, 4.69) is 0 Å². The zero-order valence-corrected chi connectivity index (χ0v) is 9.92. The molecule has 0 heterocycles. The average Bonchev–Trinajstić information content (AvgIpc) is 2.18. The van der Waals surface area contributed by atoms with Gasteiger partial charge in [-0.2, -0.15) is 0 Å². The first-order valence-corrected chi connectivity index (χ1v) is 5.54. The minimum absolute atomic E-state index is 0.151. The third kappa shape index (κ3) is 3.54. The Morgan fingerprint density at radius 3 is 2.14 bits per heavy atom. The van der Waals surface area contributed by atoms with Crippen LogP contribution in [0.2, 0.25) is 0 Å². The topological polar surface area (TPSA) is 17.1 Å². The number of rotatable bonds is 2. The van der Waals surface area contributed by atoms with Gasteiger partial charge < -0.3 is 0 Å². The molecule has 1 aromatic rings. The predicted molar refractivity (Wildman–Crippen MR) is 61.9 cm³/mol. The maximum atomic E-state index is 11.4. The van der Waals surface area contributed by atoms with Crippen LogP contribution in [0.5, 0.6) is 0 Å². The Bertz CT molecular complexity index is 358. The van der Waals surface area contributed by atoms with Gasteiger partial charge in [0.2, 0.25) is 5.12 Å². The Labute approximate surface area is 101 Å². The van der Waals surface area contributed by atoms with Crippen LogP contribution in [0.1, 0.15) is 0 Å². The first-order valence-electron chi connectivity index (χ1n) is 3.59. The molecule has 0 saturated carbocycles. The fourth-order valence-corrected chi connectivity index (χ4v) is 1.82. The molecule has 1 aromatic carbocycles. The maximum Gasteiger partial charge on any atom is 0.237 e. The summed E-state index contributed by atoms with van der Waals surface area (Å²) in [6.07, 6.45) is 0. The largest absolute Gasteiger partial charge is 0.280 e. The lowest BCUT2D eigenvalue weighted by atomic mass is 10.4. The van der Waals surface area contributed by atoms with Gasteiger partial charge in [0.15, 0.2) is 0 Å². The van der Waals surface area contributed by atoms with Crippen LogP contribution in [0.4, 0.5) is 0 Å². The second-order valence-electron chi connectivity index (χ2n) is 2.28. The highest BCUT2D eigenvalue weighted by molar-refractivity contribution is 8.14. The molecule has 0 N–H and O–H groups in total. The maximum absolute atomic E-state index is 11.4. The van der Waals surface area contributed by atoms with E-state index in [0.717, 1.165) is 16.7 Å². The summed E-state index contributed by atoms with van der Waals surface area (Å²) >= 11 is 17.3. The molecule has 0 atom stereocenters. The third-order valence-electron chi connectivity index (χ3n) is 1.30. The van der Waals surface area contributed by atoms with E-state index in [-0.39, 0.29) is 14.6 Å². The average molecular weight is 268 g/mol. The first kappa shape index (κ1) is 11.9. The fourth-order valence-electron chi connectivity index (χ4n) is 0.718. The minimum atomic E-state index is -0.363. The molecule has 0 aliphatic rings. The van der Waals surface area contributed by atoms with Gasteiger partial charge in [0, 0.05) is 4.90 Å². The summed E-state index contributed by atoms with van der Waals surface area (Å²) in [5.41, 5.74) is 0. The highest BCUT2D eigenvalue weighted by Crippen LogP contribution is 2.27. The van der Waals surface area contributed by atoms with Gasteiger partial charge in [0.05, 0.1) is 0 Å². The van der Waals surface area contributed by atoms with Crippen molar-refractivity contribution >= 4 is 51.7 Å². The van der Waals surface area contributed by atoms with E-state index in [1.807, 2.05) is 18.2 Å². The molecule has 1 nitrogen and oxygen atoms in total. The third-order valence-corrected chi connectivity index (χ3v) is 3.24. The van der Waals surface area contributed by atoms with Crippen LogP contribution in [0.3, 0.4) is 0 Å². The van der Waals surface area contributed by atoms with Crippen molar-refractivity contribution in [2.24, 2.45) is 0 Å². The van der Waals surface area contributed by atoms with Gasteiger partial charge in [-0.3, -0.25) is 4.79 Å². The van der Waals surface area contributed by atoms with E-state index in [1.54, 1.807) is 12.1 Å². The molecule has 0 fully saturated rings. The first-order chi connectivity index (χ1) is 6.61. The standard InChI is InChI=1S/C9H5Cl3OS/c10-7(8(11)12)9(13)14-6-4-2-1-3-5-6/h1-5H. The molecule has 0 aliphatic heterocycles. The van der Waals surface area contributed by atoms with Crippen LogP contribution in [0.15, 0.2) is 44.8 Å². The summed E-state index contributed by atoms with van der Waals surface area (Å²) in [6.45, 7) is 0. The van der Waals surface area contributed by atoms with Gasteiger partial charge >= 0.3 is 0 Å². The summed E-state index contributed by atoms with van der Waals surface area (Å²) < 4.78 is -0.208. The molecule has 14 heavy (non-hydrogen) atoms. The molecule has 0 bridgehead atoms. The summed E-state index contributed by atoms with van der Waals surface area (Å²) in [5, 5.41) is -0.514. The molecule has 0 aliphatic carbocycles. The number of carbonyl (C=O) groups is 1. The predicted octanol–water partition coefficient (Wildman–Crippen LogP) is 4.19. The van der Waals surface area contributed by atoms with Gasteiger partial charge in [-0.15, -0.1) is 0 Å². The van der Waals surface area contributed by atoms with Crippen LogP contribution in [0, 0.1) is 0 Å². The highest BCUT2D eigenvalue weighted by Gasteiger charge is 2.12. The van der Waals surface area contributed by atoms with Crippen molar-refractivity contribution in [1.82, 2.24) is 0 Å². The van der Waals surface area contributed by atoms with Crippen LogP contribution in [-0.2, 0) is 4.79 Å². The van der Waals surface area contributed by atoms with E-state index in [0.29, 0.717) is 0 Å². The van der Waals surface area contributed by atoms with Crippen molar-refractivity contribution in [3.05, 3.63) is 39.9 Å². The molecule has 0 aromatic heterocycles. The normalized spacial score (nSPS) is 9.64. The van der Waals surface area contributed by atoms with Gasteiger partial charge in [0.1, 0.15) is 9.52 Å². The minimum Gasteiger partial charge on any atom is -0.280 e. The number of halogens is 3. The molecular weight excluding hydrogens is 263 g/mol. The quantitative estimate of drug-likeness (QED) is 0.590. The van der Waals surface area contributed by atoms with Crippen LogP contribution in [0.25, 0.3) is 0 Å². The van der Waals surface area contributed by atoms with Crippen LogP contribution < -0.4 is 0 Å². The van der Waals surface area contributed by atoms with Gasteiger partial charge in [0.25, 0.3) is 0 Å². The Morgan fingerprint density at radius 1 is 1.07 bits per heavy atom. The Kier molecular flexibility index (Phi) is 4.82. The number of benzene rings is 1. The molecular formula is C9H5Cl3OS. The monoisotopic (exact) mass is 266 g/mol. The molecule has 5 heteroatoms. The molecule has 0 amide bonds. The van der Waals surface area contributed by atoms with Crippen molar-refractivity contribution in [3.8, 4) is 0 Å². The second-order valence-corrected chi connectivity index (χ2v) is 4.65. The Morgan fingerprint density at radius 2 is 1.64 bits per heavy atom. The van der Waals surface area contributed by atoms with Crippen LogP contribution >= 0.6 is 46.6 Å². The number of hydrogen-bond acceptors (Lipinski definition) is 2. The summed E-state index contributed by atoms with van der Waals surface area (Å²) in [7, 11) is 0. The van der Waals surface area contributed by atoms with Crippen molar-refractivity contribution in [1.29, 1.82) is 0 Å². The second kappa shape index (κ2) is 5.66. The lowest BCUT2D eigenvalue weighted by Gasteiger charge is -1.98. The number of thioether (sulfide) groups is 1. The molecule has 0 saturated heterocycles. The van der Waals surface area contributed by atoms with E-state index in [9.17, 15) is 4.79 Å². The highest BCUT2D eigenvalue weighted by atomic mass is 35.5. The molecule has 0 spiro atoms. The smallest absolute Gasteiger partial charge is 0.237 e. The van der Waals surface area contributed by atoms with Crippen LogP contribution in [-0.4, -0.2) is 5.12 Å². The fraction of sp³-hybridized carbons (Fsp3) is 0. The molecule has 0 unspecified atom stereocenters. The lowest BCUT2D eigenvalue weighted by Crippen LogP contribution is -1.91. The number of hydrogen-bond donors (Lipinski definition) is 0. The van der Waals surface area contributed by atoms with Crippen molar-refractivity contribution in [2.75, 3.05) is 0 Å². The molecule has 0 radical (unpaired) electrons. The molecule has 74 valence electrons. The summed E-state index contributed by atoms with van der Waals surface area (Å²) in [6, 6.07) is 9.12. The summed E-state index contributed by atoms with van der Waals surface area (Å²) in [5.74, 6) is 0. The van der Waals surface area contributed by atoms with Crippen molar-refractivity contribution in [2.45, 2.75) is 4.90 Å². The summed E-state index contributed by atoms with van der Waals surface area (Å²) in [4.78, 5) is 12.2. The van der Waals surface area contributed by atoms with Crippen molar-refractivity contribution in [3.63, 3.8) is 0 Å². The zero-order valence-electron chi connectivity index (χ0n) is 6.84. The zero-order chi connectivity index (χ0) is 10.6. The van der Waals surface area contributed by atoms with Gasteiger partial charge in [-0.05, 0) is 23.9 Å². The Hall–Kier alpha value is -0.150. The Balaban J connectivity index is 2.72. The van der Waals surface area contributed by atoms with E-state index < -0.39 is 0 Å². The van der Waals surface area contributed by atoms with E-state index in [1.165, 1.54) is 0 Å². The van der Waals surface area contributed by atoms with E-state index in [4.69, 9.17) is 34.8 Å².